The van der Waals surface area contributed by atoms with Crippen molar-refractivity contribution in [3.8, 4) is 0 Å². The zero-order chi connectivity index (χ0) is 16.7. The smallest absolute Gasteiger partial charge is 0.310 e. The quantitative estimate of drug-likeness (QED) is 0.761. The van der Waals surface area contributed by atoms with E-state index < -0.39 is 0 Å². The van der Waals surface area contributed by atoms with Gasteiger partial charge >= 0.3 is 11.9 Å². The van der Waals surface area contributed by atoms with Crippen molar-refractivity contribution in [2.75, 3.05) is 13.2 Å². The maximum absolute atomic E-state index is 12.2. The van der Waals surface area contributed by atoms with Gasteiger partial charge in [-0.25, -0.2) is 0 Å². The first-order chi connectivity index (χ1) is 11.2. The molecule has 0 saturated heterocycles. The highest BCUT2D eigenvalue weighted by Gasteiger charge is 2.38. The van der Waals surface area contributed by atoms with Crippen molar-refractivity contribution < 1.29 is 19.1 Å². The van der Waals surface area contributed by atoms with Gasteiger partial charge < -0.3 is 14.8 Å². The second kappa shape index (κ2) is 9.26. The Hall–Kier alpha value is -1.10. The Morgan fingerprint density at radius 1 is 0.783 bits per heavy atom. The summed E-state index contributed by atoms with van der Waals surface area (Å²) in [4.78, 5) is 24.4. The largest absolute Gasteiger partial charge is 0.466 e. The normalized spacial score (nSPS) is 31.4. The van der Waals surface area contributed by atoms with Crippen molar-refractivity contribution in [1.82, 2.24) is 5.32 Å². The highest BCUT2D eigenvalue weighted by molar-refractivity contribution is 5.74. The van der Waals surface area contributed by atoms with Gasteiger partial charge in [-0.05, 0) is 39.5 Å². The van der Waals surface area contributed by atoms with Crippen LogP contribution >= 0.6 is 0 Å². The Morgan fingerprint density at radius 2 is 1.17 bits per heavy atom. The van der Waals surface area contributed by atoms with E-state index in [0.717, 1.165) is 51.4 Å². The van der Waals surface area contributed by atoms with E-state index in [-0.39, 0.29) is 35.9 Å². The molecule has 0 unspecified atom stereocenters. The number of rotatable bonds is 6. The molecule has 0 amide bonds. The van der Waals surface area contributed by atoms with Gasteiger partial charge in [-0.3, -0.25) is 9.59 Å². The molecule has 0 radical (unpaired) electrons. The molecular formula is C18H31NO4. The van der Waals surface area contributed by atoms with Crippen LogP contribution in [0.2, 0.25) is 0 Å². The third-order valence-electron chi connectivity index (χ3n) is 5.14. The summed E-state index contributed by atoms with van der Waals surface area (Å²) in [6, 6.07) is 0.255. The zero-order valence-electron chi connectivity index (χ0n) is 14.5. The molecule has 5 nitrogen and oxygen atoms in total. The van der Waals surface area contributed by atoms with Gasteiger partial charge in [0, 0.05) is 12.1 Å². The van der Waals surface area contributed by atoms with E-state index >= 15 is 0 Å². The van der Waals surface area contributed by atoms with Gasteiger partial charge in [0.25, 0.3) is 0 Å². The number of carbonyl (C=O) groups is 2. The summed E-state index contributed by atoms with van der Waals surface area (Å²) >= 11 is 0. The Bertz CT molecular complexity index is 362. The van der Waals surface area contributed by atoms with Crippen LogP contribution in [-0.2, 0) is 19.1 Å². The molecule has 0 aromatic rings. The lowest BCUT2D eigenvalue weighted by atomic mass is 9.80. The first-order valence-electron chi connectivity index (χ1n) is 9.26. The molecule has 0 aromatic carbocycles. The Kier molecular flexibility index (Phi) is 7.34. The van der Waals surface area contributed by atoms with E-state index in [4.69, 9.17) is 9.47 Å². The predicted octanol–water partition coefficient (Wildman–Crippen LogP) is 2.82. The van der Waals surface area contributed by atoms with Gasteiger partial charge in [-0.15, -0.1) is 0 Å². The van der Waals surface area contributed by atoms with Gasteiger partial charge in [-0.2, -0.15) is 0 Å². The summed E-state index contributed by atoms with van der Waals surface area (Å²) in [5.41, 5.74) is 0. The van der Waals surface area contributed by atoms with Crippen molar-refractivity contribution >= 4 is 11.9 Å². The van der Waals surface area contributed by atoms with Crippen LogP contribution in [0.1, 0.15) is 65.2 Å². The summed E-state index contributed by atoms with van der Waals surface area (Å²) in [6.07, 6.45) is 8.14. The van der Waals surface area contributed by atoms with E-state index in [1.165, 1.54) is 0 Å². The van der Waals surface area contributed by atoms with Crippen LogP contribution < -0.4 is 5.32 Å². The van der Waals surface area contributed by atoms with Crippen molar-refractivity contribution in [1.29, 1.82) is 0 Å². The van der Waals surface area contributed by atoms with Crippen LogP contribution in [0.25, 0.3) is 0 Å². The summed E-state index contributed by atoms with van der Waals surface area (Å²) in [7, 11) is 0. The highest BCUT2D eigenvalue weighted by Crippen LogP contribution is 2.30. The van der Waals surface area contributed by atoms with E-state index in [1.807, 2.05) is 13.8 Å². The number of carbonyl (C=O) groups excluding carboxylic acids is 2. The Labute approximate surface area is 139 Å². The molecule has 1 N–H and O–H groups in total. The third kappa shape index (κ3) is 4.93. The van der Waals surface area contributed by atoms with Crippen molar-refractivity contribution in [3.63, 3.8) is 0 Å². The first kappa shape index (κ1) is 18.2. The summed E-state index contributed by atoms with van der Waals surface area (Å²) in [5.74, 6) is -0.330. The molecule has 0 heterocycles. The van der Waals surface area contributed by atoms with Crippen molar-refractivity contribution in [2.24, 2.45) is 11.8 Å². The molecule has 2 aliphatic carbocycles. The topological polar surface area (TPSA) is 64.6 Å². The van der Waals surface area contributed by atoms with Gasteiger partial charge in [0.1, 0.15) is 0 Å². The minimum absolute atomic E-state index is 0.0755. The second-order valence-corrected chi connectivity index (χ2v) is 6.67. The molecule has 0 spiro atoms. The maximum atomic E-state index is 12.2. The van der Waals surface area contributed by atoms with E-state index in [2.05, 4.69) is 5.32 Å². The van der Waals surface area contributed by atoms with Crippen molar-refractivity contribution in [2.45, 2.75) is 77.3 Å². The molecule has 2 fully saturated rings. The van der Waals surface area contributed by atoms with Crippen molar-refractivity contribution in [3.05, 3.63) is 0 Å². The Morgan fingerprint density at radius 3 is 1.57 bits per heavy atom. The number of ether oxygens (including phenoxy) is 2. The molecule has 23 heavy (non-hydrogen) atoms. The fraction of sp³-hybridized carbons (Fsp3) is 0.889. The molecule has 132 valence electrons. The average molecular weight is 325 g/mol. The van der Waals surface area contributed by atoms with Gasteiger partial charge in [0.05, 0.1) is 25.0 Å². The van der Waals surface area contributed by atoms with E-state index in [0.29, 0.717) is 13.2 Å². The molecule has 2 aliphatic rings. The molecule has 2 saturated carbocycles. The average Bonchev–Trinajstić information content (AvgIpc) is 2.56. The molecule has 2 rings (SSSR count). The van der Waals surface area contributed by atoms with Gasteiger partial charge in [0.15, 0.2) is 0 Å². The Balaban J connectivity index is 2.00. The number of hydrogen-bond donors (Lipinski definition) is 1. The SMILES string of the molecule is CCOC(=O)[C@H]1CCCC[C@H]1N[C@@H]1CCCC[C@@H]1C(=O)OCC. The minimum Gasteiger partial charge on any atom is -0.466 e. The molecule has 4 atom stereocenters. The summed E-state index contributed by atoms with van der Waals surface area (Å²) in [5, 5.41) is 3.63. The molecule has 0 aromatic heterocycles. The zero-order valence-corrected chi connectivity index (χ0v) is 14.5. The highest BCUT2D eigenvalue weighted by atomic mass is 16.5. The lowest BCUT2D eigenvalue weighted by molar-refractivity contribution is -0.151. The number of nitrogens with one attached hydrogen (secondary N) is 1. The maximum Gasteiger partial charge on any atom is 0.310 e. The lowest BCUT2D eigenvalue weighted by Crippen LogP contribution is -2.52. The van der Waals surface area contributed by atoms with Gasteiger partial charge in [0.2, 0.25) is 0 Å². The second-order valence-electron chi connectivity index (χ2n) is 6.67. The van der Waals surface area contributed by atoms with E-state index in [1.54, 1.807) is 0 Å². The molecule has 0 aliphatic heterocycles. The fourth-order valence-corrected chi connectivity index (χ4v) is 4.00. The van der Waals surface area contributed by atoms with Crippen LogP contribution in [0, 0.1) is 11.8 Å². The predicted molar refractivity (Wildman–Crippen MR) is 87.9 cm³/mol. The standard InChI is InChI=1S/C18H31NO4/c1-3-22-17(20)13-9-5-7-11-15(13)19-16-12-8-6-10-14(16)18(21)23-4-2/h13-16,19H,3-12H2,1-2H3/t13-,14-,15+,16+/m0/s1. The minimum atomic E-state index is -0.0896. The third-order valence-corrected chi connectivity index (χ3v) is 5.14. The molecular weight excluding hydrogens is 294 g/mol. The lowest BCUT2D eigenvalue weighted by Gasteiger charge is -2.38. The van der Waals surface area contributed by atoms with Gasteiger partial charge in [-0.1, -0.05) is 25.7 Å². The summed E-state index contributed by atoms with van der Waals surface area (Å²) < 4.78 is 10.5. The van der Waals surface area contributed by atoms with Crippen LogP contribution in [0.3, 0.4) is 0 Å². The summed E-state index contributed by atoms with van der Waals surface area (Å²) in [6.45, 7) is 4.55. The van der Waals surface area contributed by atoms with E-state index in [9.17, 15) is 9.59 Å². The number of hydrogen-bond acceptors (Lipinski definition) is 5. The monoisotopic (exact) mass is 325 g/mol. The van der Waals surface area contributed by atoms with Crippen LogP contribution in [0.4, 0.5) is 0 Å². The van der Waals surface area contributed by atoms with Crippen LogP contribution in [0.15, 0.2) is 0 Å². The van der Waals surface area contributed by atoms with Crippen LogP contribution in [0.5, 0.6) is 0 Å². The van der Waals surface area contributed by atoms with Crippen LogP contribution in [-0.4, -0.2) is 37.2 Å². The fourth-order valence-electron chi connectivity index (χ4n) is 4.00. The number of esters is 2. The first-order valence-corrected chi connectivity index (χ1v) is 9.26. The molecule has 0 bridgehead atoms. The molecule has 5 heteroatoms.